The highest BCUT2D eigenvalue weighted by molar-refractivity contribution is 7.16. The smallest absolute Gasteiger partial charge is 0.256 e. The first-order valence-corrected chi connectivity index (χ1v) is 10.9. The molecule has 4 rings (SSSR count). The quantitative estimate of drug-likeness (QED) is 0.347. The lowest BCUT2D eigenvalue weighted by molar-refractivity contribution is 0.102. The Morgan fingerprint density at radius 3 is 2.26 bits per heavy atom. The molecule has 4 aromatic rings. The highest BCUT2D eigenvalue weighted by atomic mass is 32.1. The number of amides is 1. The van der Waals surface area contributed by atoms with Crippen molar-refractivity contribution in [1.82, 2.24) is 0 Å². The molecule has 0 bridgehead atoms. The molecule has 156 valence electrons. The third-order valence-electron chi connectivity index (χ3n) is 5.25. The predicted octanol–water partition coefficient (Wildman–Crippen LogP) is 6.96. The average Bonchev–Trinajstić information content (AvgIpc) is 3.06. The van der Waals surface area contributed by atoms with Crippen molar-refractivity contribution in [2.75, 3.05) is 10.6 Å². The van der Waals surface area contributed by atoms with E-state index in [4.69, 9.17) is 0 Å². The molecule has 3 aromatic carbocycles. The molecule has 0 fully saturated rings. The van der Waals surface area contributed by atoms with Crippen LogP contribution in [-0.4, -0.2) is 5.91 Å². The Kier molecular flexibility index (Phi) is 6.14. The predicted molar refractivity (Wildman–Crippen MR) is 126 cm³/mol. The molecule has 2 N–H and O–H groups in total. The first-order chi connectivity index (χ1) is 15.0. The highest BCUT2D eigenvalue weighted by Crippen LogP contribution is 2.41. The fraction of sp³-hybridized carbons (Fsp3) is 0.115. The minimum absolute atomic E-state index is 0.152. The fourth-order valence-corrected chi connectivity index (χ4v) is 4.66. The van der Waals surface area contributed by atoms with Gasteiger partial charge in [-0.15, -0.1) is 11.3 Å². The van der Waals surface area contributed by atoms with Crippen LogP contribution in [0.5, 0.6) is 0 Å². The molecule has 5 heteroatoms. The number of rotatable bonds is 6. The molecule has 1 amide bonds. The summed E-state index contributed by atoms with van der Waals surface area (Å²) < 4.78 is 13.8. The largest absolute Gasteiger partial charge is 0.374 e. The van der Waals surface area contributed by atoms with Gasteiger partial charge in [-0.05, 0) is 55.3 Å². The number of hydrogen-bond donors (Lipinski definition) is 2. The van der Waals surface area contributed by atoms with Crippen LogP contribution in [-0.2, 0) is 0 Å². The zero-order chi connectivity index (χ0) is 21.8. The third-order valence-corrected chi connectivity index (χ3v) is 6.39. The van der Waals surface area contributed by atoms with Gasteiger partial charge in [0.2, 0.25) is 0 Å². The Hall–Kier alpha value is -3.44. The van der Waals surface area contributed by atoms with Gasteiger partial charge in [-0.3, -0.25) is 4.79 Å². The topological polar surface area (TPSA) is 41.1 Å². The standard InChI is InChI=1S/C26H23FN2OS/c1-17-18(2)31-26(29-25(30)20-12-7-4-8-13-20)23(17)24(19-10-5-3-6-11-19)28-22-15-9-14-21(27)16-22/h3-16,24,28H,1-2H3,(H,29,30)/t24-/m1/s1. The zero-order valence-corrected chi connectivity index (χ0v) is 18.2. The second-order valence-electron chi connectivity index (χ2n) is 7.34. The van der Waals surface area contributed by atoms with Crippen molar-refractivity contribution in [2.24, 2.45) is 0 Å². The fourth-order valence-electron chi connectivity index (χ4n) is 3.56. The molecule has 0 spiro atoms. The molecule has 0 aliphatic heterocycles. The second kappa shape index (κ2) is 9.14. The van der Waals surface area contributed by atoms with Gasteiger partial charge < -0.3 is 10.6 Å². The number of benzene rings is 3. The van der Waals surface area contributed by atoms with E-state index in [1.165, 1.54) is 12.1 Å². The lowest BCUT2D eigenvalue weighted by atomic mass is 9.96. The van der Waals surface area contributed by atoms with E-state index in [9.17, 15) is 9.18 Å². The molecule has 1 atom stereocenters. The van der Waals surface area contributed by atoms with Crippen LogP contribution in [0, 0.1) is 19.7 Å². The summed E-state index contributed by atoms with van der Waals surface area (Å²) in [5.74, 6) is -0.451. The van der Waals surface area contributed by atoms with Gasteiger partial charge in [0.25, 0.3) is 5.91 Å². The maximum Gasteiger partial charge on any atom is 0.256 e. The van der Waals surface area contributed by atoms with Crippen LogP contribution in [0.15, 0.2) is 84.9 Å². The van der Waals surface area contributed by atoms with E-state index in [1.54, 1.807) is 29.5 Å². The Morgan fingerprint density at radius 2 is 1.58 bits per heavy atom. The lowest BCUT2D eigenvalue weighted by Gasteiger charge is -2.23. The first-order valence-electron chi connectivity index (χ1n) is 10.1. The maximum atomic E-state index is 13.8. The summed E-state index contributed by atoms with van der Waals surface area (Å²) in [5, 5.41) is 7.37. The summed E-state index contributed by atoms with van der Waals surface area (Å²) in [6, 6.07) is 25.3. The van der Waals surface area contributed by atoms with Crippen molar-refractivity contribution in [2.45, 2.75) is 19.9 Å². The van der Waals surface area contributed by atoms with Crippen molar-refractivity contribution in [1.29, 1.82) is 0 Å². The van der Waals surface area contributed by atoms with E-state index < -0.39 is 0 Å². The summed E-state index contributed by atoms with van der Waals surface area (Å²) in [6.07, 6.45) is 0. The first kappa shape index (κ1) is 20.8. The van der Waals surface area contributed by atoms with Crippen molar-refractivity contribution in [3.8, 4) is 0 Å². The molecule has 0 unspecified atom stereocenters. The van der Waals surface area contributed by atoms with E-state index in [2.05, 4.69) is 17.6 Å². The van der Waals surface area contributed by atoms with Gasteiger partial charge in [-0.2, -0.15) is 0 Å². The Balaban J connectivity index is 1.76. The van der Waals surface area contributed by atoms with Crippen molar-refractivity contribution >= 4 is 27.9 Å². The number of carbonyl (C=O) groups is 1. The van der Waals surface area contributed by atoms with Crippen LogP contribution in [0.1, 0.15) is 38.0 Å². The number of thiophene rings is 1. The van der Waals surface area contributed by atoms with Gasteiger partial charge >= 0.3 is 0 Å². The Labute approximate surface area is 185 Å². The maximum absolute atomic E-state index is 13.8. The molecule has 1 aromatic heterocycles. The minimum Gasteiger partial charge on any atom is -0.374 e. The van der Waals surface area contributed by atoms with E-state index in [-0.39, 0.29) is 17.8 Å². The monoisotopic (exact) mass is 430 g/mol. The molecule has 0 aliphatic carbocycles. The number of halogens is 1. The summed E-state index contributed by atoms with van der Waals surface area (Å²) in [7, 11) is 0. The van der Waals surface area contributed by atoms with Gasteiger partial charge in [0.15, 0.2) is 0 Å². The van der Waals surface area contributed by atoms with Gasteiger partial charge in [0, 0.05) is 21.7 Å². The summed E-state index contributed by atoms with van der Waals surface area (Å²) in [6.45, 7) is 4.11. The van der Waals surface area contributed by atoms with Gasteiger partial charge in [0.1, 0.15) is 10.8 Å². The third kappa shape index (κ3) is 4.67. The molecule has 3 nitrogen and oxygen atoms in total. The van der Waals surface area contributed by atoms with Crippen LogP contribution in [0.4, 0.5) is 15.1 Å². The van der Waals surface area contributed by atoms with Crippen molar-refractivity contribution in [3.05, 3.63) is 118 Å². The summed E-state index contributed by atoms with van der Waals surface area (Å²) in [5.41, 5.74) is 4.40. The van der Waals surface area contributed by atoms with Crippen LogP contribution >= 0.6 is 11.3 Å². The lowest BCUT2D eigenvalue weighted by Crippen LogP contribution is -2.17. The SMILES string of the molecule is Cc1sc(NC(=O)c2ccccc2)c([C@H](Nc2cccc(F)c2)c2ccccc2)c1C. The molecule has 0 saturated heterocycles. The molecule has 0 aliphatic rings. The molecule has 31 heavy (non-hydrogen) atoms. The van der Waals surface area contributed by atoms with Gasteiger partial charge in [0.05, 0.1) is 6.04 Å². The van der Waals surface area contributed by atoms with Gasteiger partial charge in [-0.1, -0.05) is 54.6 Å². The Bertz CT molecular complexity index is 1190. The highest BCUT2D eigenvalue weighted by Gasteiger charge is 2.25. The minimum atomic E-state index is -0.298. The van der Waals surface area contributed by atoms with Crippen LogP contribution in [0.2, 0.25) is 0 Å². The molecule has 1 heterocycles. The van der Waals surface area contributed by atoms with E-state index in [1.807, 2.05) is 61.5 Å². The average molecular weight is 431 g/mol. The molecular formula is C26H23FN2OS. The van der Waals surface area contributed by atoms with E-state index >= 15 is 0 Å². The van der Waals surface area contributed by atoms with E-state index in [0.29, 0.717) is 11.3 Å². The molecule has 0 saturated carbocycles. The number of aryl methyl sites for hydroxylation is 1. The van der Waals surface area contributed by atoms with Gasteiger partial charge in [-0.25, -0.2) is 4.39 Å². The van der Waals surface area contributed by atoms with Crippen molar-refractivity contribution in [3.63, 3.8) is 0 Å². The summed E-state index contributed by atoms with van der Waals surface area (Å²) >= 11 is 1.55. The Morgan fingerprint density at radius 1 is 0.903 bits per heavy atom. The number of nitrogens with one attached hydrogen (secondary N) is 2. The second-order valence-corrected chi connectivity index (χ2v) is 8.57. The number of anilines is 2. The molecular weight excluding hydrogens is 407 g/mol. The number of carbonyl (C=O) groups excluding carboxylic acids is 1. The van der Waals surface area contributed by atoms with Crippen LogP contribution in [0.3, 0.4) is 0 Å². The number of hydrogen-bond acceptors (Lipinski definition) is 3. The molecule has 0 radical (unpaired) electrons. The van der Waals surface area contributed by atoms with Crippen LogP contribution in [0.25, 0.3) is 0 Å². The van der Waals surface area contributed by atoms with Crippen molar-refractivity contribution < 1.29 is 9.18 Å². The normalized spacial score (nSPS) is 11.7. The van der Waals surface area contributed by atoms with Crippen LogP contribution < -0.4 is 10.6 Å². The zero-order valence-electron chi connectivity index (χ0n) is 17.4. The van der Waals surface area contributed by atoms with E-state index in [0.717, 1.165) is 26.6 Å². The summed E-state index contributed by atoms with van der Waals surface area (Å²) in [4.78, 5) is 14.0.